The van der Waals surface area contributed by atoms with Crippen molar-refractivity contribution in [1.29, 1.82) is 0 Å². The molecule has 1 aliphatic rings. The van der Waals surface area contributed by atoms with E-state index in [1.54, 1.807) is 19.1 Å². The number of benzene rings is 2. The van der Waals surface area contributed by atoms with Crippen LogP contribution in [0.2, 0.25) is 0 Å². The number of rotatable bonds is 6. The maximum atomic E-state index is 13.0. The summed E-state index contributed by atoms with van der Waals surface area (Å²) in [6, 6.07) is 11.0. The van der Waals surface area contributed by atoms with Crippen LogP contribution in [0.3, 0.4) is 0 Å². The summed E-state index contributed by atoms with van der Waals surface area (Å²) in [6.45, 7) is 1.78. The number of sulfonamides is 1. The van der Waals surface area contributed by atoms with Crippen molar-refractivity contribution in [2.24, 2.45) is 0 Å². The van der Waals surface area contributed by atoms with Gasteiger partial charge in [-0.1, -0.05) is 31.2 Å². The fourth-order valence-electron chi connectivity index (χ4n) is 3.35. The second-order valence-corrected chi connectivity index (χ2v) is 8.73. The Morgan fingerprint density at radius 2 is 1.86 bits per heavy atom. The van der Waals surface area contributed by atoms with Gasteiger partial charge in [0.2, 0.25) is 15.9 Å². The molecule has 0 aromatic heterocycles. The Morgan fingerprint density at radius 1 is 1.14 bits per heavy atom. The number of fused-ring (bicyclic) bond motifs is 1. The van der Waals surface area contributed by atoms with Crippen LogP contribution in [-0.2, 0) is 27.4 Å². The number of hydrogen-bond donors (Lipinski definition) is 0. The Bertz CT molecular complexity index is 1010. The third-order valence-corrected chi connectivity index (χ3v) is 6.61. The van der Waals surface area contributed by atoms with Crippen LogP contribution >= 0.6 is 0 Å². The molecule has 0 bridgehead atoms. The Balaban J connectivity index is 1.87. The molecule has 5 nitrogen and oxygen atoms in total. The summed E-state index contributed by atoms with van der Waals surface area (Å²) in [5.74, 6) is -0.404. The minimum atomic E-state index is -4.66. The topological polar surface area (TPSA) is 57.7 Å². The van der Waals surface area contributed by atoms with Gasteiger partial charge in [-0.2, -0.15) is 17.5 Å². The Morgan fingerprint density at radius 3 is 2.55 bits per heavy atom. The van der Waals surface area contributed by atoms with Gasteiger partial charge in [-0.3, -0.25) is 4.79 Å². The molecule has 0 radical (unpaired) electrons. The molecule has 3 rings (SSSR count). The van der Waals surface area contributed by atoms with Crippen LogP contribution in [0.25, 0.3) is 0 Å². The molecule has 0 fully saturated rings. The van der Waals surface area contributed by atoms with Crippen molar-refractivity contribution >= 4 is 21.6 Å². The molecule has 29 heavy (non-hydrogen) atoms. The van der Waals surface area contributed by atoms with E-state index in [2.05, 4.69) is 0 Å². The van der Waals surface area contributed by atoms with E-state index in [0.717, 1.165) is 33.8 Å². The van der Waals surface area contributed by atoms with E-state index >= 15 is 0 Å². The zero-order chi connectivity index (χ0) is 21.2. The van der Waals surface area contributed by atoms with Gasteiger partial charge in [0.1, 0.15) is 0 Å². The first kappa shape index (κ1) is 21.3. The number of nitrogens with zero attached hydrogens (tertiary/aromatic N) is 2. The number of alkyl halides is 3. The van der Waals surface area contributed by atoms with E-state index in [1.807, 2.05) is 12.1 Å². The van der Waals surface area contributed by atoms with Crippen molar-refractivity contribution in [3.8, 4) is 0 Å². The molecule has 0 saturated heterocycles. The second-order valence-electron chi connectivity index (χ2n) is 6.79. The lowest BCUT2D eigenvalue weighted by molar-refractivity contribution is -0.137. The van der Waals surface area contributed by atoms with Crippen LogP contribution in [0, 0.1) is 0 Å². The number of amides is 1. The van der Waals surface area contributed by atoms with Crippen molar-refractivity contribution in [2.75, 3.05) is 24.5 Å². The van der Waals surface area contributed by atoms with Gasteiger partial charge < -0.3 is 4.90 Å². The molecule has 0 atom stereocenters. The van der Waals surface area contributed by atoms with Gasteiger partial charge in [-0.25, -0.2) is 8.42 Å². The lowest BCUT2D eigenvalue weighted by Crippen LogP contribution is -2.42. The largest absolute Gasteiger partial charge is 0.416 e. The summed E-state index contributed by atoms with van der Waals surface area (Å²) in [6.07, 6.45) is -3.56. The first-order valence-corrected chi connectivity index (χ1v) is 10.6. The molecule has 2 aromatic carbocycles. The highest BCUT2D eigenvalue weighted by atomic mass is 32.2. The van der Waals surface area contributed by atoms with Gasteiger partial charge in [-0.15, -0.1) is 0 Å². The zero-order valence-electron chi connectivity index (χ0n) is 15.8. The fraction of sp³-hybridized carbons (Fsp3) is 0.350. The average molecular weight is 426 g/mol. The highest BCUT2D eigenvalue weighted by Gasteiger charge is 2.34. The molecule has 0 unspecified atom stereocenters. The van der Waals surface area contributed by atoms with Crippen LogP contribution in [0.5, 0.6) is 0 Å². The van der Waals surface area contributed by atoms with Gasteiger partial charge in [0.25, 0.3) is 0 Å². The van der Waals surface area contributed by atoms with Gasteiger partial charge in [0.15, 0.2) is 0 Å². The molecule has 0 aliphatic carbocycles. The maximum absolute atomic E-state index is 13.0. The smallest absolute Gasteiger partial charge is 0.311 e. The number of carbonyl (C=O) groups excluding carboxylic acids is 1. The van der Waals surface area contributed by atoms with Crippen molar-refractivity contribution in [3.63, 3.8) is 0 Å². The van der Waals surface area contributed by atoms with E-state index in [0.29, 0.717) is 25.5 Å². The highest BCUT2D eigenvalue weighted by molar-refractivity contribution is 7.89. The lowest BCUT2D eigenvalue weighted by atomic mass is 10.2. The number of para-hydroxylation sites is 1. The molecule has 0 spiro atoms. The minimum absolute atomic E-state index is 0.0276. The maximum Gasteiger partial charge on any atom is 0.416 e. The third-order valence-electron chi connectivity index (χ3n) is 4.77. The van der Waals surface area contributed by atoms with Crippen molar-refractivity contribution in [3.05, 3.63) is 59.7 Å². The summed E-state index contributed by atoms with van der Waals surface area (Å²) < 4.78 is 65.9. The normalized spacial score (nSPS) is 14.3. The molecule has 9 heteroatoms. The monoisotopic (exact) mass is 426 g/mol. The van der Waals surface area contributed by atoms with E-state index in [1.165, 1.54) is 4.90 Å². The van der Waals surface area contributed by atoms with Gasteiger partial charge >= 0.3 is 6.18 Å². The van der Waals surface area contributed by atoms with E-state index in [-0.39, 0.29) is 6.54 Å². The summed E-state index contributed by atoms with van der Waals surface area (Å²) >= 11 is 0. The van der Waals surface area contributed by atoms with Crippen molar-refractivity contribution < 1.29 is 26.4 Å². The standard InChI is InChI=1S/C20H21F3N2O3S/c1-2-11-24(14-19(26)25-12-10-15-6-3-4-9-18(15)25)29(27,28)17-8-5-7-16(13-17)20(21,22)23/h3-9,13H,2,10-12,14H2,1H3. The Labute approximate surface area is 167 Å². The van der Waals surface area contributed by atoms with Gasteiger partial charge in [-0.05, 0) is 42.7 Å². The summed E-state index contributed by atoms with van der Waals surface area (Å²) in [5.41, 5.74) is 0.698. The molecular formula is C20H21F3N2O3S. The number of hydrogen-bond acceptors (Lipinski definition) is 3. The van der Waals surface area contributed by atoms with Crippen LogP contribution in [-0.4, -0.2) is 38.3 Å². The molecule has 1 heterocycles. The molecule has 1 amide bonds. The van der Waals surface area contributed by atoms with Crippen LogP contribution in [0.1, 0.15) is 24.5 Å². The van der Waals surface area contributed by atoms with Gasteiger partial charge in [0, 0.05) is 18.8 Å². The Hall–Kier alpha value is -2.39. The quantitative estimate of drug-likeness (QED) is 0.708. The first-order valence-electron chi connectivity index (χ1n) is 9.20. The van der Waals surface area contributed by atoms with E-state index in [9.17, 15) is 26.4 Å². The summed E-state index contributed by atoms with van der Waals surface area (Å²) in [7, 11) is -4.26. The Kier molecular flexibility index (Phi) is 6.00. The summed E-state index contributed by atoms with van der Waals surface area (Å²) in [5, 5.41) is 0. The van der Waals surface area contributed by atoms with Crippen LogP contribution in [0.4, 0.5) is 18.9 Å². The van der Waals surface area contributed by atoms with E-state index < -0.39 is 39.1 Å². The molecule has 2 aromatic rings. The molecular weight excluding hydrogens is 405 g/mol. The molecule has 0 saturated carbocycles. The number of halogens is 3. The van der Waals surface area contributed by atoms with E-state index in [4.69, 9.17) is 0 Å². The minimum Gasteiger partial charge on any atom is -0.311 e. The lowest BCUT2D eigenvalue weighted by Gasteiger charge is -2.25. The predicted molar refractivity (Wildman–Crippen MR) is 103 cm³/mol. The SMILES string of the molecule is CCCN(CC(=O)N1CCc2ccccc21)S(=O)(=O)c1cccc(C(F)(F)F)c1. The number of anilines is 1. The molecule has 156 valence electrons. The van der Waals surface area contributed by atoms with Gasteiger partial charge in [0.05, 0.1) is 17.0 Å². The molecule has 1 aliphatic heterocycles. The van der Waals surface area contributed by atoms with Crippen LogP contribution in [0.15, 0.2) is 53.4 Å². The predicted octanol–water partition coefficient (Wildman–Crippen LogP) is 3.70. The fourth-order valence-corrected chi connectivity index (χ4v) is 4.88. The number of carbonyl (C=O) groups is 1. The highest BCUT2D eigenvalue weighted by Crippen LogP contribution is 2.32. The molecule has 0 N–H and O–H groups in total. The average Bonchev–Trinajstić information content (AvgIpc) is 3.11. The third kappa shape index (κ3) is 4.45. The second kappa shape index (κ2) is 8.16. The zero-order valence-corrected chi connectivity index (χ0v) is 16.6. The van der Waals surface area contributed by atoms with Crippen molar-refractivity contribution in [2.45, 2.75) is 30.8 Å². The summed E-state index contributed by atoms with van der Waals surface area (Å²) in [4.78, 5) is 13.9. The first-order chi connectivity index (χ1) is 13.6. The van der Waals surface area contributed by atoms with Crippen LogP contribution < -0.4 is 4.90 Å². The van der Waals surface area contributed by atoms with Crippen molar-refractivity contribution in [1.82, 2.24) is 4.31 Å².